The molecule has 1 aromatic rings. The minimum absolute atomic E-state index is 0.0286. The maximum atomic E-state index is 12.9. The summed E-state index contributed by atoms with van der Waals surface area (Å²) in [7, 11) is 0. The number of benzene rings is 1. The summed E-state index contributed by atoms with van der Waals surface area (Å²) in [4.78, 5) is 40.5. The average Bonchev–Trinajstić information content (AvgIpc) is 2.87. The molecule has 3 heterocycles. The minimum Gasteiger partial charge on any atom is -0.376 e. The number of nitrogens with two attached hydrogens (primary N) is 1. The summed E-state index contributed by atoms with van der Waals surface area (Å²) in [5.74, 6) is -0.788. The minimum atomic E-state index is -0.585. The SMILES string of the molecule is NCC1CN(Cc2cccc3c2CN(C2CCC(=O)NC2=O)C3=O)CCCO1. The van der Waals surface area contributed by atoms with Crippen LogP contribution in [0, 0.1) is 0 Å². The van der Waals surface area contributed by atoms with Gasteiger partial charge in [-0.2, -0.15) is 0 Å². The zero-order valence-electron chi connectivity index (χ0n) is 15.9. The molecule has 8 heteroatoms. The number of carbonyl (C=O) groups is 3. The average molecular weight is 386 g/mol. The van der Waals surface area contributed by atoms with Crippen molar-refractivity contribution in [2.45, 2.75) is 44.5 Å². The van der Waals surface area contributed by atoms with Gasteiger partial charge in [-0.3, -0.25) is 24.6 Å². The third-order valence-electron chi connectivity index (χ3n) is 5.77. The molecule has 1 aromatic carbocycles. The molecule has 0 aromatic heterocycles. The van der Waals surface area contributed by atoms with E-state index < -0.39 is 6.04 Å². The molecule has 0 radical (unpaired) electrons. The number of nitrogens with one attached hydrogen (secondary N) is 1. The summed E-state index contributed by atoms with van der Waals surface area (Å²) in [5.41, 5.74) is 8.53. The molecule has 3 N–H and O–H groups in total. The van der Waals surface area contributed by atoms with Crippen molar-refractivity contribution in [1.82, 2.24) is 15.1 Å². The van der Waals surface area contributed by atoms with Crippen LogP contribution in [0.15, 0.2) is 18.2 Å². The summed E-state index contributed by atoms with van der Waals surface area (Å²) in [5, 5.41) is 2.35. The number of carbonyl (C=O) groups excluding carboxylic acids is 3. The van der Waals surface area contributed by atoms with E-state index in [2.05, 4.69) is 10.2 Å². The fourth-order valence-corrected chi connectivity index (χ4v) is 4.30. The van der Waals surface area contributed by atoms with E-state index in [1.165, 1.54) is 0 Å². The maximum Gasteiger partial charge on any atom is 0.255 e. The number of nitrogens with zero attached hydrogens (tertiary/aromatic N) is 2. The first kappa shape index (κ1) is 19.0. The van der Waals surface area contributed by atoms with Gasteiger partial charge in [0.2, 0.25) is 11.8 Å². The summed E-state index contributed by atoms with van der Waals surface area (Å²) in [6.45, 7) is 4.02. The summed E-state index contributed by atoms with van der Waals surface area (Å²) < 4.78 is 5.75. The van der Waals surface area contributed by atoms with Crippen molar-refractivity contribution >= 4 is 17.7 Å². The first-order valence-electron chi connectivity index (χ1n) is 9.86. The van der Waals surface area contributed by atoms with Crippen LogP contribution < -0.4 is 11.1 Å². The van der Waals surface area contributed by atoms with Crippen molar-refractivity contribution in [3.8, 4) is 0 Å². The predicted molar refractivity (Wildman–Crippen MR) is 101 cm³/mol. The van der Waals surface area contributed by atoms with Gasteiger partial charge in [0.1, 0.15) is 6.04 Å². The predicted octanol–water partition coefficient (Wildman–Crippen LogP) is -0.00280. The first-order chi connectivity index (χ1) is 13.6. The smallest absolute Gasteiger partial charge is 0.255 e. The van der Waals surface area contributed by atoms with Crippen LogP contribution in [0.1, 0.15) is 40.7 Å². The van der Waals surface area contributed by atoms with Gasteiger partial charge >= 0.3 is 0 Å². The Hall–Kier alpha value is -2.29. The molecule has 3 aliphatic rings. The number of hydrogen-bond donors (Lipinski definition) is 2. The molecular weight excluding hydrogens is 360 g/mol. The number of imide groups is 1. The lowest BCUT2D eigenvalue weighted by molar-refractivity contribution is -0.136. The number of piperidine rings is 1. The lowest BCUT2D eigenvalue weighted by atomic mass is 10.0. The lowest BCUT2D eigenvalue weighted by Gasteiger charge is -2.29. The second-order valence-corrected chi connectivity index (χ2v) is 7.66. The summed E-state index contributed by atoms with van der Waals surface area (Å²) in [6.07, 6.45) is 1.62. The zero-order chi connectivity index (χ0) is 19.7. The molecule has 4 rings (SSSR count). The molecule has 0 spiro atoms. The molecule has 8 nitrogen and oxygen atoms in total. The van der Waals surface area contributed by atoms with Crippen LogP contribution in [0.3, 0.4) is 0 Å². The number of ether oxygens (including phenoxy) is 1. The van der Waals surface area contributed by atoms with Gasteiger partial charge in [-0.25, -0.2) is 0 Å². The zero-order valence-corrected chi connectivity index (χ0v) is 15.9. The lowest BCUT2D eigenvalue weighted by Crippen LogP contribution is -2.52. The van der Waals surface area contributed by atoms with E-state index in [-0.39, 0.29) is 30.2 Å². The second kappa shape index (κ2) is 7.98. The van der Waals surface area contributed by atoms with Crippen molar-refractivity contribution in [2.75, 3.05) is 26.2 Å². The van der Waals surface area contributed by atoms with Crippen LogP contribution in [0.5, 0.6) is 0 Å². The van der Waals surface area contributed by atoms with Crippen LogP contribution in [-0.2, 0) is 27.4 Å². The summed E-state index contributed by atoms with van der Waals surface area (Å²) >= 11 is 0. The monoisotopic (exact) mass is 386 g/mol. The van der Waals surface area contributed by atoms with Crippen LogP contribution >= 0.6 is 0 Å². The fraction of sp³-hybridized carbons (Fsp3) is 0.550. The Bertz CT molecular complexity index is 796. The highest BCUT2D eigenvalue weighted by Gasteiger charge is 2.39. The van der Waals surface area contributed by atoms with E-state index in [1.54, 1.807) is 4.90 Å². The van der Waals surface area contributed by atoms with E-state index in [4.69, 9.17) is 10.5 Å². The van der Waals surface area contributed by atoms with Gasteiger partial charge in [-0.05, 0) is 30.0 Å². The Kier molecular flexibility index (Phi) is 5.43. The molecular formula is C20H26N4O4. The number of hydrogen-bond acceptors (Lipinski definition) is 6. The fourth-order valence-electron chi connectivity index (χ4n) is 4.30. The Morgan fingerprint density at radius 2 is 2.11 bits per heavy atom. The molecule has 0 saturated carbocycles. The van der Waals surface area contributed by atoms with Gasteiger partial charge in [0.05, 0.1) is 6.10 Å². The number of amides is 3. The standard InChI is InChI=1S/C20H26N4O4/c21-9-14-11-23(7-2-8-28-14)10-13-3-1-4-15-16(13)12-24(20(15)27)17-5-6-18(25)22-19(17)26/h1,3-4,14,17H,2,5-12,21H2,(H,22,25,26). The van der Waals surface area contributed by atoms with Gasteiger partial charge < -0.3 is 15.4 Å². The molecule has 2 atom stereocenters. The van der Waals surface area contributed by atoms with Crippen LogP contribution in [0.4, 0.5) is 0 Å². The van der Waals surface area contributed by atoms with Crippen molar-refractivity contribution in [3.05, 3.63) is 34.9 Å². The second-order valence-electron chi connectivity index (χ2n) is 7.66. The third kappa shape index (κ3) is 3.67. The molecule has 0 bridgehead atoms. The highest BCUT2D eigenvalue weighted by molar-refractivity contribution is 6.05. The number of rotatable bonds is 4. The third-order valence-corrected chi connectivity index (χ3v) is 5.77. The quantitative estimate of drug-likeness (QED) is 0.706. The van der Waals surface area contributed by atoms with Crippen molar-refractivity contribution in [3.63, 3.8) is 0 Å². The van der Waals surface area contributed by atoms with Crippen molar-refractivity contribution < 1.29 is 19.1 Å². The van der Waals surface area contributed by atoms with E-state index in [9.17, 15) is 14.4 Å². The van der Waals surface area contributed by atoms with E-state index in [0.29, 0.717) is 31.7 Å². The van der Waals surface area contributed by atoms with Gasteiger partial charge in [-0.1, -0.05) is 12.1 Å². The van der Waals surface area contributed by atoms with Gasteiger partial charge in [0, 0.05) is 51.3 Å². The van der Waals surface area contributed by atoms with Gasteiger partial charge in [0.25, 0.3) is 5.91 Å². The topological polar surface area (TPSA) is 105 Å². The van der Waals surface area contributed by atoms with E-state index in [0.717, 1.165) is 37.2 Å². The van der Waals surface area contributed by atoms with Gasteiger partial charge in [0.15, 0.2) is 0 Å². The molecule has 0 aliphatic carbocycles. The molecule has 2 saturated heterocycles. The highest BCUT2D eigenvalue weighted by atomic mass is 16.5. The Balaban J connectivity index is 1.53. The molecule has 3 aliphatic heterocycles. The number of fused-ring (bicyclic) bond motifs is 1. The Morgan fingerprint density at radius 1 is 1.25 bits per heavy atom. The van der Waals surface area contributed by atoms with Gasteiger partial charge in [-0.15, -0.1) is 0 Å². The van der Waals surface area contributed by atoms with E-state index in [1.807, 2.05) is 18.2 Å². The normalized spacial score (nSPS) is 26.2. The molecule has 150 valence electrons. The molecule has 3 amide bonds. The molecule has 28 heavy (non-hydrogen) atoms. The maximum absolute atomic E-state index is 12.9. The van der Waals surface area contributed by atoms with Crippen molar-refractivity contribution in [1.29, 1.82) is 0 Å². The molecule has 2 unspecified atom stereocenters. The van der Waals surface area contributed by atoms with E-state index >= 15 is 0 Å². The molecule has 2 fully saturated rings. The summed E-state index contributed by atoms with van der Waals surface area (Å²) in [6, 6.07) is 5.18. The van der Waals surface area contributed by atoms with Crippen LogP contribution in [-0.4, -0.2) is 65.9 Å². The van der Waals surface area contributed by atoms with Crippen molar-refractivity contribution in [2.24, 2.45) is 5.73 Å². The largest absolute Gasteiger partial charge is 0.376 e. The van der Waals surface area contributed by atoms with Crippen LogP contribution in [0.2, 0.25) is 0 Å². The van der Waals surface area contributed by atoms with Crippen LogP contribution in [0.25, 0.3) is 0 Å². The highest BCUT2D eigenvalue weighted by Crippen LogP contribution is 2.30. The Morgan fingerprint density at radius 3 is 2.89 bits per heavy atom. The Labute approximate surface area is 164 Å². The first-order valence-corrected chi connectivity index (χ1v) is 9.86.